The van der Waals surface area contributed by atoms with Crippen molar-refractivity contribution < 1.29 is 13.9 Å². The van der Waals surface area contributed by atoms with Crippen molar-refractivity contribution in [3.8, 4) is 10.8 Å². The third kappa shape index (κ3) is 3.21. The Morgan fingerprint density at radius 1 is 1.12 bits per heavy atom. The first-order valence-corrected chi connectivity index (χ1v) is 8.88. The van der Waals surface area contributed by atoms with Crippen LogP contribution in [0.25, 0.3) is 21.8 Å². The molecule has 0 amide bonds. The van der Waals surface area contributed by atoms with Crippen LogP contribution in [0.2, 0.25) is 0 Å². The number of esters is 1. The number of carbonyl (C=O) groups is 1. The van der Waals surface area contributed by atoms with Crippen LogP contribution >= 0.6 is 11.3 Å². The second-order valence-corrected chi connectivity index (χ2v) is 6.74. The van der Waals surface area contributed by atoms with Crippen LogP contribution < -0.4 is 0 Å². The predicted octanol–water partition coefficient (Wildman–Crippen LogP) is 4.32. The van der Waals surface area contributed by atoms with Crippen molar-refractivity contribution in [3.63, 3.8) is 0 Å². The molecule has 1 aromatic carbocycles. The van der Waals surface area contributed by atoms with Crippen LogP contribution in [-0.4, -0.2) is 20.9 Å². The summed E-state index contributed by atoms with van der Waals surface area (Å²) in [5.41, 5.74) is 4.13. The number of nitrogens with zero attached hydrogens (tertiary/aromatic N) is 3. The largest absolute Gasteiger partial charge is 0.455 e. The van der Waals surface area contributed by atoms with E-state index in [9.17, 15) is 4.79 Å². The molecule has 3 aromatic heterocycles. The molecule has 6 nitrogen and oxygen atoms in total. The molecule has 0 aliphatic heterocycles. The minimum absolute atomic E-state index is 0.0460. The van der Waals surface area contributed by atoms with Crippen LogP contribution in [0.15, 0.2) is 46.4 Å². The van der Waals surface area contributed by atoms with Gasteiger partial charge in [-0.2, -0.15) is 0 Å². The summed E-state index contributed by atoms with van der Waals surface area (Å²) in [6.45, 7) is 3.85. The second kappa shape index (κ2) is 6.68. The van der Waals surface area contributed by atoms with E-state index in [2.05, 4.69) is 15.0 Å². The number of rotatable bonds is 4. The van der Waals surface area contributed by atoms with E-state index in [0.29, 0.717) is 22.7 Å². The number of hydrogen-bond acceptors (Lipinski definition) is 7. The zero-order valence-corrected chi connectivity index (χ0v) is 15.0. The maximum absolute atomic E-state index is 12.3. The lowest BCUT2D eigenvalue weighted by Gasteiger charge is -2.05. The van der Waals surface area contributed by atoms with Gasteiger partial charge in [-0.05, 0) is 43.5 Å². The average molecular weight is 365 g/mol. The molecule has 0 bridgehead atoms. The fourth-order valence-corrected chi connectivity index (χ4v) is 3.12. The molecule has 0 saturated carbocycles. The second-order valence-electron chi connectivity index (χ2n) is 5.80. The van der Waals surface area contributed by atoms with Crippen molar-refractivity contribution >= 4 is 28.3 Å². The van der Waals surface area contributed by atoms with Crippen LogP contribution in [-0.2, 0) is 11.3 Å². The van der Waals surface area contributed by atoms with Gasteiger partial charge in [0.15, 0.2) is 0 Å². The molecule has 0 aliphatic carbocycles. The number of carbonyl (C=O) groups excluding carboxylic acids is 1. The molecule has 26 heavy (non-hydrogen) atoms. The van der Waals surface area contributed by atoms with E-state index in [1.165, 1.54) is 17.6 Å². The number of oxazole rings is 1. The lowest BCUT2D eigenvalue weighted by atomic mass is 10.2. The highest BCUT2D eigenvalue weighted by Gasteiger charge is 2.13. The summed E-state index contributed by atoms with van der Waals surface area (Å²) in [5, 5.41) is 1.95. The van der Waals surface area contributed by atoms with Crippen molar-refractivity contribution in [2.24, 2.45) is 0 Å². The molecule has 0 saturated heterocycles. The van der Waals surface area contributed by atoms with Crippen LogP contribution in [0, 0.1) is 13.8 Å². The number of benzene rings is 1. The van der Waals surface area contributed by atoms with Crippen molar-refractivity contribution in [1.82, 2.24) is 15.0 Å². The molecule has 0 spiro atoms. The van der Waals surface area contributed by atoms with E-state index >= 15 is 0 Å². The van der Waals surface area contributed by atoms with Gasteiger partial charge in [0.2, 0.25) is 5.89 Å². The lowest BCUT2D eigenvalue weighted by molar-refractivity contribution is 0.0468. The Kier molecular flexibility index (Phi) is 4.22. The summed E-state index contributed by atoms with van der Waals surface area (Å²) in [6, 6.07) is 9.00. The van der Waals surface area contributed by atoms with Gasteiger partial charge in [-0.15, -0.1) is 11.3 Å². The fraction of sp³-hybridized carbons (Fsp3) is 0.158. The third-order valence-electron chi connectivity index (χ3n) is 3.95. The molecule has 0 N–H and O–H groups in total. The number of aryl methyl sites for hydroxylation is 2. The summed E-state index contributed by atoms with van der Waals surface area (Å²) < 4.78 is 10.8. The molecule has 0 fully saturated rings. The lowest BCUT2D eigenvalue weighted by Crippen LogP contribution is -2.06. The SMILES string of the molecule is Cc1nc2ccc(C(=O)OCc3coc(-c4cccs4)n3)cc2nc1C. The topological polar surface area (TPSA) is 78.1 Å². The van der Waals surface area contributed by atoms with Crippen molar-refractivity contribution in [3.05, 3.63) is 64.6 Å². The Bertz CT molecular complexity index is 1090. The number of aromatic nitrogens is 3. The first-order valence-electron chi connectivity index (χ1n) is 8.00. The van der Waals surface area contributed by atoms with Gasteiger partial charge in [0.25, 0.3) is 0 Å². The van der Waals surface area contributed by atoms with Gasteiger partial charge in [-0.25, -0.2) is 19.7 Å². The van der Waals surface area contributed by atoms with Gasteiger partial charge in [0, 0.05) is 0 Å². The fourth-order valence-electron chi connectivity index (χ4n) is 2.47. The zero-order chi connectivity index (χ0) is 18.1. The van der Waals surface area contributed by atoms with E-state index in [0.717, 1.165) is 21.8 Å². The van der Waals surface area contributed by atoms with Crippen LogP contribution in [0.3, 0.4) is 0 Å². The highest BCUT2D eigenvalue weighted by Crippen LogP contribution is 2.24. The van der Waals surface area contributed by atoms with Crippen LogP contribution in [0.4, 0.5) is 0 Å². The highest BCUT2D eigenvalue weighted by atomic mass is 32.1. The highest BCUT2D eigenvalue weighted by molar-refractivity contribution is 7.13. The average Bonchev–Trinajstić information content (AvgIpc) is 3.31. The quantitative estimate of drug-likeness (QED) is 0.501. The number of thiophene rings is 1. The number of hydrogen-bond donors (Lipinski definition) is 0. The third-order valence-corrected chi connectivity index (χ3v) is 4.80. The summed E-state index contributed by atoms with van der Waals surface area (Å²) in [4.78, 5) is 26.5. The Morgan fingerprint density at radius 2 is 1.92 bits per heavy atom. The monoisotopic (exact) mass is 365 g/mol. The Balaban J connectivity index is 1.48. The first kappa shape index (κ1) is 16.4. The maximum Gasteiger partial charge on any atom is 0.338 e. The standard InChI is InChI=1S/C19H15N3O3S/c1-11-12(2)21-16-8-13(5-6-15(16)20-11)19(23)25-10-14-9-24-18(22-14)17-4-3-7-26-17/h3-9H,10H2,1-2H3. The van der Waals surface area contributed by atoms with Gasteiger partial charge in [0.05, 0.1) is 32.9 Å². The first-order chi connectivity index (χ1) is 12.6. The van der Waals surface area contributed by atoms with Crippen LogP contribution in [0.5, 0.6) is 0 Å². The molecule has 0 aliphatic rings. The summed E-state index contributed by atoms with van der Waals surface area (Å²) in [5.74, 6) is 0.0884. The van der Waals surface area contributed by atoms with E-state index in [1.807, 2.05) is 31.4 Å². The predicted molar refractivity (Wildman–Crippen MR) is 97.9 cm³/mol. The maximum atomic E-state index is 12.3. The van der Waals surface area contributed by atoms with E-state index in [1.54, 1.807) is 18.2 Å². The molecule has 130 valence electrons. The summed E-state index contributed by atoms with van der Waals surface area (Å²) in [6.07, 6.45) is 1.50. The minimum atomic E-state index is -0.437. The summed E-state index contributed by atoms with van der Waals surface area (Å²) >= 11 is 1.54. The van der Waals surface area contributed by atoms with E-state index in [4.69, 9.17) is 9.15 Å². The van der Waals surface area contributed by atoms with Gasteiger partial charge < -0.3 is 9.15 Å². The van der Waals surface area contributed by atoms with Crippen molar-refractivity contribution in [1.29, 1.82) is 0 Å². The van der Waals surface area contributed by atoms with Crippen molar-refractivity contribution in [2.75, 3.05) is 0 Å². The Morgan fingerprint density at radius 3 is 2.69 bits per heavy atom. The van der Waals surface area contributed by atoms with Gasteiger partial charge in [-0.3, -0.25) is 0 Å². The number of fused-ring (bicyclic) bond motifs is 1. The van der Waals surface area contributed by atoms with Gasteiger partial charge >= 0.3 is 5.97 Å². The molecule has 0 unspecified atom stereocenters. The molecule has 7 heteroatoms. The van der Waals surface area contributed by atoms with Gasteiger partial charge in [-0.1, -0.05) is 6.07 Å². The van der Waals surface area contributed by atoms with Gasteiger partial charge in [0.1, 0.15) is 18.6 Å². The van der Waals surface area contributed by atoms with E-state index < -0.39 is 5.97 Å². The molecular weight excluding hydrogens is 350 g/mol. The molecule has 0 atom stereocenters. The smallest absolute Gasteiger partial charge is 0.338 e. The molecule has 3 heterocycles. The molecule has 4 aromatic rings. The molecular formula is C19H15N3O3S. The Hall–Kier alpha value is -3.06. The number of ether oxygens (including phenoxy) is 1. The minimum Gasteiger partial charge on any atom is -0.455 e. The molecule has 4 rings (SSSR count). The normalized spacial score (nSPS) is 11.0. The molecule has 0 radical (unpaired) electrons. The summed E-state index contributed by atoms with van der Waals surface area (Å²) in [7, 11) is 0. The Labute approximate surface area is 153 Å². The van der Waals surface area contributed by atoms with Crippen molar-refractivity contribution in [2.45, 2.75) is 20.5 Å². The van der Waals surface area contributed by atoms with E-state index in [-0.39, 0.29) is 6.61 Å². The van der Waals surface area contributed by atoms with Crippen LogP contribution in [0.1, 0.15) is 27.4 Å². The zero-order valence-electron chi connectivity index (χ0n) is 14.2.